The van der Waals surface area contributed by atoms with Crippen molar-refractivity contribution in [3.05, 3.63) is 33.9 Å². The number of hydrogen-bond acceptors (Lipinski definition) is 2. The Labute approximate surface area is 221 Å². The van der Waals surface area contributed by atoms with Crippen LogP contribution in [0.25, 0.3) is 10.9 Å². The van der Waals surface area contributed by atoms with Crippen LogP contribution in [0.4, 0.5) is 4.79 Å². The maximum atomic E-state index is 12.9. The molecule has 0 spiro atoms. The van der Waals surface area contributed by atoms with Gasteiger partial charge >= 0.3 is 6.03 Å². The Morgan fingerprint density at radius 3 is 2.49 bits per heavy atom. The largest absolute Gasteiger partial charge is 0.374 e. The lowest BCUT2D eigenvalue weighted by Gasteiger charge is -2.47. The van der Waals surface area contributed by atoms with Crippen molar-refractivity contribution in [2.45, 2.75) is 96.9 Å². The van der Waals surface area contributed by atoms with Crippen molar-refractivity contribution in [2.75, 3.05) is 26.2 Å². The first-order valence-corrected chi connectivity index (χ1v) is 17.3. The molecule has 4 rings (SSSR count). The molecule has 3 atom stereocenters. The van der Waals surface area contributed by atoms with Gasteiger partial charge in [-0.1, -0.05) is 56.7 Å². The second-order valence-electron chi connectivity index (χ2n) is 12.1. The summed E-state index contributed by atoms with van der Waals surface area (Å²) in [6, 6.07) is 5.47. The molecule has 0 unspecified atom stereocenters. The molecule has 1 aromatic carbocycles. The smallest absolute Gasteiger partial charge is 0.317 e. The van der Waals surface area contributed by atoms with E-state index in [0.29, 0.717) is 12.0 Å². The molecule has 0 saturated carbocycles. The lowest BCUT2D eigenvalue weighted by molar-refractivity contribution is 0.0979. The number of urea groups is 1. The Bertz CT molecular complexity index is 1080. The number of benzene rings is 1. The summed E-state index contributed by atoms with van der Waals surface area (Å²) in [4.78, 5) is 17.5. The number of amides is 2. The van der Waals surface area contributed by atoms with Crippen molar-refractivity contribution < 1.29 is 4.79 Å². The van der Waals surface area contributed by atoms with E-state index in [4.69, 9.17) is 0 Å². The van der Waals surface area contributed by atoms with Crippen LogP contribution in [0.5, 0.6) is 0 Å². The third-order valence-corrected chi connectivity index (χ3v) is 14.8. The SMILES string of the molecule is CCCN1C[C@@H](NC(=O)N(CC)CC)C[C@@H]2c3cc(Br)cc4c3c(cn4[Si](C)(C)C(C)(C)C)C[C@H]21. The summed E-state index contributed by atoms with van der Waals surface area (Å²) in [7, 11) is -1.78. The fraction of sp³-hybridized carbons (Fsp3) is 0.679. The molecule has 2 amide bonds. The molecule has 194 valence electrons. The van der Waals surface area contributed by atoms with Crippen molar-refractivity contribution in [3.8, 4) is 0 Å². The van der Waals surface area contributed by atoms with Gasteiger partial charge in [0.15, 0.2) is 8.24 Å². The molecule has 7 heteroatoms. The lowest BCUT2D eigenvalue weighted by atomic mass is 9.74. The molecular formula is C28H45BrN4OSi. The van der Waals surface area contributed by atoms with Gasteiger partial charge in [0.05, 0.1) is 0 Å². The molecule has 1 saturated heterocycles. The number of nitrogens with zero attached hydrogens (tertiary/aromatic N) is 3. The van der Waals surface area contributed by atoms with Crippen LogP contribution in [-0.4, -0.2) is 66.6 Å². The number of nitrogens with one attached hydrogen (secondary N) is 1. The van der Waals surface area contributed by atoms with Crippen LogP contribution < -0.4 is 5.32 Å². The first-order chi connectivity index (χ1) is 16.4. The fourth-order valence-corrected chi connectivity index (χ4v) is 8.62. The summed E-state index contributed by atoms with van der Waals surface area (Å²) in [6.07, 6.45) is 5.75. The second kappa shape index (κ2) is 9.86. The highest BCUT2D eigenvalue weighted by Crippen LogP contribution is 2.48. The molecule has 1 fully saturated rings. The van der Waals surface area contributed by atoms with E-state index < -0.39 is 8.24 Å². The number of halogens is 1. The van der Waals surface area contributed by atoms with Gasteiger partial charge in [-0.15, -0.1) is 0 Å². The highest BCUT2D eigenvalue weighted by atomic mass is 79.9. The normalized spacial score (nSPS) is 22.8. The van der Waals surface area contributed by atoms with Gasteiger partial charge in [0.25, 0.3) is 0 Å². The Hall–Kier alpha value is -1.31. The van der Waals surface area contributed by atoms with Gasteiger partial charge < -0.3 is 14.4 Å². The van der Waals surface area contributed by atoms with E-state index >= 15 is 0 Å². The van der Waals surface area contributed by atoms with Crippen molar-refractivity contribution in [3.63, 3.8) is 0 Å². The van der Waals surface area contributed by atoms with E-state index in [-0.39, 0.29) is 17.1 Å². The molecule has 2 aliphatic rings. The van der Waals surface area contributed by atoms with E-state index in [9.17, 15) is 4.79 Å². The van der Waals surface area contributed by atoms with Crippen molar-refractivity contribution in [1.82, 2.24) is 19.3 Å². The zero-order valence-electron chi connectivity index (χ0n) is 23.0. The van der Waals surface area contributed by atoms with Gasteiger partial charge in [0.2, 0.25) is 0 Å². The highest BCUT2D eigenvalue weighted by Gasteiger charge is 2.44. The Morgan fingerprint density at radius 2 is 1.89 bits per heavy atom. The monoisotopic (exact) mass is 560 g/mol. The zero-order chi connectivity index (χ0) is 25.7. The van der Waals surface area contributed by atoms with Gasteiger partial charge in [-0.25, -0.2) is 4.79 Å². The van der Waals surface area contributed by atoms with E-state index in [0.717, 1.165) is 45.4 Å². The molecular weight excluding hydrogens is 516 g/mol. The minimum absolute atomic E-state index is 0.0786. The van der Waals surface area contributed by atoms with Crippen LogP contribution in [0.1, 0.15) is 71.4 Å². The first-order valence-electron chi connectivity index (χ1n) is 13.6. The molecule has 35 heavy (non-hydrogen) atoms. The van der Waals surface area contributed by atoms with Gasteiger partial charge in [-0.05, 0) is 74.1 Å². The maximum Gasteiger partial charge on any atom is 0.317 e. The van der Waals surface area contributed by atoms with Gasteiger partial charge in [-0.2, -0.15) is 0 Å². The molecule has 1 aliphatic carbocycles. The number of fused-ring (bicyclic) bond motifs is 2. The standard InChI is InChI=1S/C28H45BrN4OSi/c1-9-12-32-18-21(30-27(34)31(10-2)11-3)16-22-23-14-20(29)15-25-26(23)19(13-24(22)32)17-33(25)35(7,8)28(4,5)6/h14-15,17,21-22,24H,9-13,16,18H2,1-8H3,(H,30,34)/t21-,22+,24+/m0/s1. The average molecular weight is 562 g/mol. The number of aromatic nitrogens is 1. The zero-order valence-corrected chi connectivity index (χ0v) is 25.6. The molecule has 0 bridgehead atoms. The fourth-order valence-electron chi connectivity index (χ4n) is 6.18. The van der Waals surface area contributed by atoms with Gasteiger partial charge in [-0.3, -0.25) is 4.90 Å². The van der Waals surface area contributed by atoms with Crippen molar-refractivity contribution in [1.29, 1.82) is 0 Å². The minimum atomic E-state index is -1.78. The number of likely N-dealkylation sites (tertiary alicyclic amines) is 1. The van der Waals surface area contributed by atoms with Crippen molar-refractivity contribution in [2.24, 2.45) is 0 Å². The summed E-state index contributed by atoms with van der Waals surface area (Å²) in [5, 5.41) is 5.13. The minimum Gasteiger partial charge on any atom is -0.374 e. The van der Waals surface area contributed by atoms with Crippen LogP contribution in [0, 0.1) is 0 Å². The molecule has 0 radical (unpaired) electrons. The third-order valence-electron chi connectivity index (χ3n) is 9.06. The summed E-state index contributed by atoms with van der Waals surface area (Å²) < 4.78 is 3.84. The molecule has 1 aliphatic heterocycles. The Morgan fingerprint density at radius 1 is 1.20 bits per heavy atom. The molecule has 1 aromatic heterocycles. The summed E-state index contributed by atoms with van der Waals surface area (Å²) >= 11 is 3.88. The van der Waals surface area contributed by atoms with Crippen LogP contribution in [0.2, 0.25) is 18.1 Å². The quantitative estimate of drug-likeness (QED) is 0.394. The van der Waals surface area contributed by atoms with E-state index in [1.165, 1.54) is 26.5 Å². The lowest BCUT2D eigenvalue weighted by Crippen LogP contribution is -2.57. The van der Waals surface area contributed by atoms with Crippen LogP contribution in [0.15, 0.2) is 22.8 Å². The Kier molecular flexibility index (Phi) is 7.54. The third kappa shape index (κ3) is 4.73. The number of hydrogen-bond donors (Lipinski definition) is 1. The Balaban J connectivity index is 1.78. The second-order valence-corrected chi connectivity index (χ2v) is 18.2. The molecule has 2 heterocycles. The predicted octanol–water partition coefficient (Wildman–Crippen LogP) is 6.80. The summed E-state index contributed by atoms with van der Waals surface area (Å²) in [6.45, 7) is 22.1. The molecule has 1 N–H and O–H groups in total. The molecule has 2 aromatic rings. The summed E-state index contributed by atoms with van der Waals surface area (Å²) in [5.41, 5.74) is 4.38. The number of carbonyl (C=O) groups excluding carboxylic acids is 1. The van der Waals surface area contributed by atoms with Crippen molar-refractivity contribution >= 4 is 41.1 Å². The van der Waals surface area contributed by atoms with Gasteiger partial charge in [0.1, 0.15) is 0 Å². The van der Waals surface area contributed by atoms with Crippen LogP contribution in [0.3, 0.4) is 0 Å². The average Bonchev–Trinajstić information content (AvgIpc) is 3.14. The van der Waals surface area contributed by atoms with Crippen LogP contribution >= 0.6 is 15.9 Å². The van der Waals surface area contributed by atoms with Gasteiger partial charge in [0, 0.05) is 53.0 Å². The number of carbonyl (C=O) groups is 1. The maximum absolute atomic E-state index is 12.9. The van der Waals surface area contributed by atoms with Crippen LogP contribution in [-0.2, 0) is 6.42 Å². The highest BCUT2D eigenvalue weighted by molar-refractivity contribution is 9.10. The van der Waals surface area contributed by atoms with E-state index in [2.05, 4.69) is 103 Å². The van der Waals surface area contributed by atoms with E-state index in [1.54, 1.807) is 0 Å². The topological polar surface area (TPSA) is 40.5 Å². The predicted molar refractivity (Wildman–Crippen MR) is 154 cm³/mol. The number of rotatable bonds is 6. The first kappa shape index (κ1) is 26.7. The molecule has 5 nitrogen and oxygen atoms in total. The summed E-state index contributed by atoms with van der Waals surface area (Å²) in [5.74, 6) is 0.431. The van der Waals surface area contributed by atoms with E-state index in [1.807, 2.05) is 4.90 Å². The number of piperidine rings is 1.